The van der Waals surface area contributed by atoms with E-state index in [2.05, 4.69) is 5.32 Å². The third kappa shape index (κ3) is 4.00. The Morgan fingerprint density at radius 1 is 1.15 bits per heavy atom. The Hall–Kier alpha value is -2.09. The van der Waals surface area contributed by atoms with E-state index in [4.69, 9.17) is 27.9 Å². The maximum absolute atomic E-state index is 12.5. The van der Waals surface area contributed by atoms with Crippen LogP contribution in [-0.4, -0.2) is 43.9 Å². The lowest BCUT2D eigenvalue weighted by atomic mass is 10.1. The molecule has 2 aromatic rings. The van der Waals surface area contributed by atoms with Gasteiger partial charge in [-0.05, 0) is 30.7 Å². The van der Waals surface area contributed by atoms with E-state index in [0.717, 1.165) is 11.3 Å². The smallest absolute Gasteiger partial charge is 0.341 e. The minimum atomic E-state index is -0.638. The molecule has 138 valence electrons. The second kappa shape index (κ2) is 8.07. The summed E-state index contributed by atoms with van der Waals surface area (Å²) < 4.78 is 4.79. The van der Waals surface area contributed by atoms with Crippen LogP contribution in [0.15, 0.2) is 18.2 Å². The van der Waals surface area contributed by atoms with Crippen molar-refractivity contribution in [2.75, 3.05) is 26.5 Å². The van der Waals surface area contributed by atoms with Gasteiger partial charge in [0.1, 0.15) is 5.00 Å². The van der Waals surface area contributed by atoms with Crippen LogP contribution in [0.2, 0.25) is 10.0 Å². The van der Waals surface area contributed by atoms with Gasteiger partial charge >= 0.3 is 5.97 Å². The van der Waals surface area contributed by atoms with Crippen molar-refractivity contribution in [2.24, 2.45) is 0 Å². The van der Waals surface area contributed by atoms with Gasteiger partial charge in [-0.1, -0.05) is 23.2 Å². The molecule has 1 aromatic heterocycles. The predicted molar refractivity (Wildman–Crippen MR) is 103 cm³/mol. The highest BCUT2D eigenvalue weighted by Crippen LogP contribution is 2.35. The lowest BCUT2D eigenvalue weighted by Gasteiger charge is -2.08. The first-order valence-corrected chi connectivity index (χ1v) is 8.94. The molecule has 0 spiro atoms. The van der Waals surface area contributed by atoms with E-state index in [1.807, 2.05) is 0 Å². The normalized spacial score (nSPS) is 10.4. The molecule has 0 saturated carbocycles. The Morgan fingerprint density at radius 2 is 1.81 bits per heavy atom. The Morgan fingerprint density at radius 3 is 2.35 bits per heavy atom. The number of thiophene rings is 1. The van der Waals surface area contributed by atoms with Crippen molar-refractivity contribution in [2.45, 2.75) is 6.92 Å². The van der Waals surface area contributed by atoms with Crippen molar-refractivity contribution in [3.63, 3.8) is 0 Å². The van der Waals surface area contributed by atoms with Gasteiger partial charge in [-0.3, -0.25) is 9.59 Å². The average molecular weight is 415 g/mol. The zero-order valence-electron chi connectivity index (χ0n) is 14.5. The molecule has 1 heterocycles. The van der Waals surface area contributed by atoms with E-state index in [0.29, 0.717) is 15.5 Å². The fraction of sp³-hybridized carbons (Fsp3) is 0.235. The molecule has 26 heavy (non-hydrogen) atoms. The zero-order chi connectivity index (χ0) is 19.6. The van der Waals surface area contributed by atoms with Crippen LogP contribution in [0.3, 0.4) is 0 Å². The Kier molecular flexibility index (Phi) is 6.28. The number of nitrogens with zero attached hydrogens (tertiary/aromatic N) is 1. The highest BCUT2D eigenvalue weighted by Gasteiger charge is 2.27. The molecule has 2 amide bonds. The number of amides is 2. The van der Waals surface area contributed by atoms with E-state index in [1.165, 1.54) is 30.2 Å². The molecule has 0 aliphatic carbocycles. The molecule has 0 unspecified atom stereocenters. The highest BCUT2D eigenvalue weighted by atomic mass is 35.5. The van der Waals surface area contributed by atoms with Gasteiger partial charge in [0, 0.05) is 19.7 Å². The summed E-state index contributed by atoms with van der Waals surface area (Å²) in [6.45, 7) is 1.63. The average Bonchev–Trinajstić information content (AvgIpc) is 2.91. The van der Waals surface area contributed by atoms with Gasteiger partial charge in [0.2, 0.25) is 0 Å². The number of rotatable bonds is 4. The number of nitrogens with one attached hydrogen (secondary N) is 1. The lowest BCUT2D eigenvalue weighted by molar-refractivity contribution is 0.0601. The number of ether oxygens (including phenoxy) is 1. The first kappa shape index (κ1) is 20.2. The molecule has 0 radical (unpaired) electrons. The van der Waals surface area contributed by atoms with Gasteiger partial charge in [0.25, 0.3) is 11.8 Å². The largest absolute Gasteiger partial charge is 0.465 e. The van der Waals surface area contributed by atoms with Crippen molar-refractivity contribution in [1.29, 1.82) is 0 Å². The number of benzene rings is 1. The zero-order valence-corrected chi connectivity index (χ0v) is 16.8. The number of methoxy groups -OCH3 is 1. The fourth-order valence-electron chi connectivity index (χ4n) is 2.17. The monoisotopic (exact) mass is 414 g/mol. The van der Waals surface area contributed by atoms with Crippen molar-refractivity contribution >= 4 is 57.3 Å². The molecule has 0 aliphatic rings. The van der Waals surface area contributed by atoms with Gasteiger partial charge in [-0.2, -0.15) is 0 Å². The van der Waals surface area contributed by atoms with E-state index in [9.17, 15) is 14.4 Å². The molecular formula is C17H16Cl2N2O4S. The Balaban J connectivity index is 2.45. The third-order valence-electron chi connectivity index (χ3n) is 3.55. The van der Waals surface area contributed by atoms with Gasteiger partial charge in [0.15, 0.2) is 0 Å². The maximum Gasteiger partial charge on any atom is 0.341 e. The number of carbonyl (C=O) groups is 3. The second-order valence-corrected chi connectivity index (χ2v) is 7.37. The lowest BCUT2D eigenvalue weighted by Crippen LogP contribution is -2.21. The fourth-order valence-corrected chi connectivity index (χ4v) is 3.68. The van der Waals surface area contributed by atoms with Crippen LogP contribution in [-0.2, 0) is 4.74 Å². The molecule has 1 aromatic carbocycles. The number of anilines is 1. The van der Waals surface area contributed by atoms with Crippen LogP contribution >= 0.6 is 34.5 Å². The Bertz CT molecular complexity index is 893. The summed E-state index contributed by atoms with van der Waals surface area (Å²) in [6, 6.07) is 4.43. The molecule has 0 aliphatic heterocycles. The number of hydrogen-bond donors (Lipinski definition) is 1. The van der Waals surface area contributed by atoms with Crippen LogP contribution < -0.4 is 5.32 Å². The van der Waals surface area contributed by atoms with Crippen molar-refractivity contribution in [3.05, 3.63) is 49.8 Å². The number of carbonyl (C=O) groups excluding carboxylic acids is 3. The van der Waals surface area contributed by atoms with Gasteiger partial charge in [-0.15, -0.1) is 11.3 Å². The van der Waals surface area contributed by atoms with Crippen LogP contribution in [0.4, 0.5) is 5.00 Å². The summed E-state index contributed by atoms with van der Waals surface area (Å²) in [5.41, 5.74) is 0.864. The van der Waals surface area contributed by atoms with Crippen molar-refractivity contribution in [3.8, 4) is 0 Å². The number of hydrogen-bond acceptors (Lipinski definition) is 5. The first-order chi connectivity index (χ1) is 12.2. The summed E-state index contributed by atoms with van der Waals surface area (Å²) in [5, 5.41) is 3.44. The molecule has 0 atom stereocenters. The van der Waals surface area contributed by atoms with E-state index in [1.54, 1.807) is 21.0 Å². The van der Waals surface area contributed by atoms with Crippen molar-refractivity contribution in [1.82, 2.24) is 4.90 Å². The SMILES string of the molecule is COC(=O)c1c(NC(=O)c2ccc(Cl)c(Cl)c2)sc(C(=O)N(C)C)c1C. The summed E-state index contributed by atoms with van der Waals surface area (Å²) in [4.78, 5) is 38.7. The summed E-state index contributed by atoms with van der Waals surface area (Å²) >= 11 is 12.8. The Labute approximate surface area is 164 Å². The molecule has 0 bridgehead atoms. The summed E-state index contributed by atoms with van der Waals surface area (Å²) in [6.07, 6.45) is 0. The minimum absolute atomic E-state index is 0.149. The molecule has 0 saturated heterocycles. The van der Waals surface area contributed by atoms with Crippen LogP contribution in [0.1, 0.15) is 36.0 Å². The van der Waals surface area contributed by atoms with Crippen LogP contribution in [0.5, 0.6) is 0 Å². The van der Waals surface area contributed by atoms with E-state index < -0.39 is 11.9 Å². The van der Waals surface area contributed by atoms with Gasteiger partial charge in [-0.25, -0.2) is 4.79 Å². The van der Waals surface area contributed by atoms with Gasteiger partial charge < -0.3 is 15.0 Å². The topological polar surface area (TPSA) is 75.7 Å². The highest BCUT2D eigenvalue weighted by molar-refractivity contribution is 7.18. The van der Waals surface area contributed by atoms with E-state index >= 15 is 0 Å². The number of esters is 1. The standard InChI is InChI=1S/C17H16Cl2N2O4S/c1-8-12(17(24)25-4)15(26-13(8)16(23)21(2)3)20-14(22)9-5-6-10(18)11(19)7-9/h5-7H,1-4H3,(H,20,22). The molecule has 6 nitrogen and oxygen atoms in total. The predicted octanol–water partition coefficient (Wildman–Crippen LogP) is 4.10. The molecule has 0 fully saturated rings. The first-order valence-electron chi connectivity index (χ1n) is 7.37. The number of halogens is 2. The van der Waals surface area contributed by atoms with Gasteiger partial charge in [0.05, 0.1) is 27.6 Å². The van der Waals surface area contributed by atoms with Crippen molar-refractivity contribution < 1.29 is 19.1 Å². The second-order valence-electron chi connectivity index (χ2n) is 5.53. The third-order valence-corrected chi connectivity index (χ3v) is 5.48. The van der Waals surface area contributed by atoms with Crippen LogP contribution in [0.25, 0.3) is 0 Å². The van der Waals surface area contributed by atoms with E-state index in [-0.39, 0.29) is 27.1 Å². The quantitative estimate of drug-likeness (QED) is 0.763. The van der Waals surface area contributed by atoms with Crippen LogP contribution in [0, 0.1) is 6.92 Å². The molecule has 9 heteroatoms. The molecular weight excluding hydrogens is 399 g/mol. The molecule has 2 rings (SSSR count). The summed E-state index contributed by atoms with van der Waals surface area (Å²) in [7, 11) is 4.44. The maximum atomic E-state index is 12.5. The molecule has 1 N–H and O–H groups in total. The summed E-state index contributed by atoms with van der Waals surface area (Å²) in [5.74, 6) is -1.40. The minimum Gasteiger partial charge on any atom is -0.465 e.